The molecule has 2 aromatic heterocycles. The standard InChI is InChI=1S/C15H13N5OS/c1-3-6-20-12-5-4-11(2)7-13(12)22-15(20)18-14(21)8-19-10-16-9-17-19/h1,4-5,7,9-10H,6,8H2,2H3. The van der Waals surface area contributed by atoms with E-state index in [1.165, 1.54) is 28.7 Å². The molecule has 0 radical (unpaired) electrons. The number of rotatable bonds is 3. The lowest BCUT2D eigenvalue weighted by atomic mass is 10.2. The van der Waals surface area contributed by atoms with E-state index in [0.29, 0.717) is 11.3 Å². The third-order valence-electron chi connectivity index (χ3n) is 3.07. The summed E-state index contributed by atoms with van der Waals surface area (Å²) >= 11 is 1.45. The number of benzene rings is 1. The van der Waals surface area contributed by atoms with E-state index in [9.17, 15) is 4.79 Å². The summed E-state index contributed by atoms with van der Waals surface area (Å²) in [7, 11) is 0. The minimum atomic E-state index is -0.292. The van der Waals surface area contributed by atoms with Crippen molar-refractivity contribution >= 4 is 27.5 Å². The van der Waals surface area contributed by atoms with Crippen molar-refractivity contribution in [2.45, 2.75) is 20.0 Å². The number of terminal acetylenes is 1. The topological polar surface area (TPSA) is 65.1 Å². The maximum Gasteiger partial charge on any atom is 0.270 e. The van der Waals surface area contributed by atoms with Gasteiger partial charge < -0.3 is 4.57 Å². The normalized spacial score (nSPS) is 11.7. The molecule has 110 valence electrons. The van der Waals surface area contributed by atoms with Crippen LogP contribution in [0.1, 0.15) is 5.56 Å². The molecule has 0 aliphatic rings. The minimum Gasteiger partial charge on any atom is -0.305 e. The Balaban J connectivity index is 2.05. The number of hydrogen-bond acceptors (Lipinski definition) is 4. The van der Waals surface area contributed by atoms with Gasteiger partial charge in [0.25, 0.3) is 5.91 Å². The van der Waals surface area contributed by atoms with E-state index in [2.05, 4.69) is 27.1 Å². The molecular weight excluding hydrogens is 298 g/mol. The van der Waals surface area contributed by atoms with Crippen LogP contribution in [0, 0.1) is 19.3 Å². The maximum absolute atomic E-state index is 12.1. The second kappa shape index (κ2) is 5.95. The largest absolute Gasteiger partial charge is 0.305 e. The third-order valence-corrected chi connectivity index (χ3v) is 4.11. The molecule has 1 amide bonds. The molecule has 0 unspecified atom stereocenters. The molecule has 22 heavy (non-hydrogen) atoms. The lowest BCUT2D eigenvalue weighted by Crippen LogP contribution is -2.18. The Bertz CT molecular complexity index is 927. The molecule has 0 saturated carbocycles. The Morgan fingerprint density at radius 3 is 3.09 bits per heavy atom. The van der Waals surface area contributed by atoms with Gasteiger partial charge in [-0.05, 0) is 24.6 Å². The van der Waals surface area contributed by atoms with E-state index in [4.69, 9.17) is 6.42 Å². The first-order chi connectivity index (χ1) is 10.7. The first-order valence-electron chi connectivity index (χ1n) is 6.61. The fraction of sp³-hybridized carbons (Fsp3) is 0.200. The van der Waals surface area contributed by atoms with Crippen LogP contribution >= 0.6 is 11.3 Å². The number of carbonyl (C=O) groups is 1. The summed E-state index contributed by atoms with van der Waals surface area (Å²) < 4.78 is 4.37. The van der Waals surface area contributed by atoms with Crippen molar-refractivity contribution in [3.8, 4) is 12.3 Å². The van der Waals surface area contributed by atoms with Gasteiger partial charge in [-0.3, -0.25) is 4.79 Å². The molecule has 0 aliphatic heterocycles. The Morgan fingerprint density at radius 2 is 2.36 bits per heavy atom. The quantitative estimate of drug-likeness (QED) is 0.686. The van der Waals surface area contributed by atoms with Gasteiger partial charge in [-0.1, -0.05) is 23.3 Å². The lowest BCUT2D eigenvalue weighted by Gasteiger charge is -2.00. The maximum atomic E-state index is 12.1. The van der Waals surface area contributed by atoms with Crippen molar-refractivity contribution < 1.29 is 4.79 Å². The number of aryl methyl sites for hydroxylation is 1. The summed E-state index contributed by atoms with van der Waals surface area (Å²) in [6.45, 7) is 2.46. The zero-order valence-corrected chi connectivity index (χ0v) is 12.7. The van der Waals surface area contributed by atoms with Gasteiger partial charge in [0.05, 0.1) is 16.8 Å². The highest BCUT2D eigenvalue weighted by molar-refractivity contribution is 7.16. The molecular formula is C15H13N5OS. The van der Waals surface area contributed by atoms with Gasteiger partial charge >= 0.3 is 0 Å². The van der Waals surface area contributed by atoms with E-state index in [1.54, 1.807) is 0 Å². The highest BCUT2D eigenvalue weighted by Gasteiger charge is 2.08. The molecule has 0 atom stereocenters. The SMILES string of the molecule is C#CCn1c(=NC(=O)Cn2cncn2)sc2cc(C)ccc21. The van der Waals surface area contributed by atoms with Crippen molar-refractivity contribution in [2.24, 2.45) is 4.99 Å². The van der Waals surface area contributed by atoms with Gasteiger partial charge in [-0.2, -0.15) is 10.1 Å². The molecule has 0 bridgehead atoms. The van der Waals surface area contributed by atoms with Crippen LogP contribution in [0.2, 0.25) is 0 Å². The monoisotopic (exact) mass is 311 g/mol. The van der Waals surface area contributed by atoms with E-state index in [1.807, 2.05) is 23.6 Å². The summed E-state index contributed by atoms with van der Waals surface area (Å²) in [6, 6.07) is 6.08. The molecule has 1 aromatic carbocycles. The Hall–Kier alpha value is -2.72. The Morgan fingerprint density at radius 1 is 1.50 bits per heavy atom. The second-order valence-electron chi connectivity index (χ2n) is 4.74. The first-order valence-corrected chi connectivity index (χ1v) is 7.42. The van der Waals surface area contributed by atoms with Crippen LogP contribution in [0.15, 0.2) is 35.8 Å². The van der Waals surface area contributed by atoms with Crippen LogP contribution in [0.5, 0.6) is 0 Å². The number of thiazole rings is 1. The van der Waals surface area contributed by atoms with Crippen LogP contribution in [0.4, 0.5) is 0 Å². The van der Waals surface area contributed by atoms with Crippen molar-refractivity contribution in [1.29, 1.82) is 0 Å². The lowest BCUT2D eigenvalue weighted by molar-refractivity contribution is -0.118. The van der Waals surface area contributed by atoms with E-state index < -0.39 is 0 Å². The summed E-state index contributed by atoms with van der Waals surface area (Å²) in [4.78, 5) is 20.6. The van der Waals surface area contributed by atoms with E-state index in [0.717, 1.165) is 15.8 Å². The summed E-state index contributed by atoms with van der Waals surface area (Å²) in [6.07, 6.45) is 8.30. The van der Waals surface area contributed by atoms with Gasteiger partial charge in [-0.15, -0.1) is 6.42 Å². The number of hydrogen-bond donors (Lipinski definition) is 0. The predicted molar refractivity (Wildman–Crippen MR) is 84.0 cm³/mol. The van der Waals surface area contributed by atoms with Crippen LogP contribution < -0.4 is 4.80 Å². The number of nitrogens with zero attached hydrogens (tertiary/aromatic N) is 5. The molecule has 0 aliphatic carbocycles. The number of amides is 1. The molecule has 6 nitrogen and oxygen atoms in total. The first kappa shape index (κ1) is 14.2. The molecule has 0 saturated heterocycles. The number of carbonyl (C=O) groups excluding carboxylic acids is 1. The molecule has 3 aromatic rings. The van der Waals surface area contributed by atoms with E-state index in [-0.39, 0.29) is 12.5 Å². The molecule has 0 N–H and O–H groups in total. The van der Waals surface area contributed by atoms with Crippen molar-refractivity contribution in [1.82, 2.24) is 19.3 Å². The second-order valence-corrected chi connectivity index (χ2v) is 5.75. The molecule has 3 rings (SSSR count). The van der Waals surface area contributed by atoms with Crippen LogP contribution in [-0.2, 0) is 17.9 Å². The number of aromatic nitrogens is 4. The average Bonchev–Trinajstić information content (AvgIpc) is 3.08. The van der Waals surface area contributed by atoms with Crippen LogP contribution in [0.25, 0.3) is 10.2 Å². The number of fused-ring (bicyclic) bond motifs is 1. The van der Waals surface area contributed by atoms with Gasteiger partial charge in [0, 0.05) is 0 Å². The van der Waals surface area contributed by atoms with Crippen molar-refractivity contribution in [3.63, 3.8) is 0 Å². The Kier molecular flexibility index (Phi) is 3.85. The predicted octanol–water partition coefficient (Wildman–Crippen LogP) is 1.36. The molecule has 2 heterocycles. The summed E-state index contributed by atoms with van der Waals surface area (Å²) in [5, 5.41) is 3.90. The van der Waals surface area contributed by atoms with Crippen LogP contribution in [0.3, 0.4) is 0 Å². The smallest absolute Gasteiger partial charge is 0.270 e. The summed E-state index contributed by atoms with van der Waals surface area (Å²) in [5.41, 5.74) is 2.14. The minimum absolute atomic E-state index is 0.0589. The zero-order valence-electron chi connectivity index (χ0n) is 11.9. The van der Waals surface area contributed by atoms with Gasteiger partial charge in [0.2, 0.25) is 0 Å². The average molecular weight is 311 g/mol. The van der Waals surface area contributed by atoms with Gasteiger partial charge in [0.15, 0.2) is 4.80 Å². The Labute approximate surface area is 130 Å². The summed E-state index contributed by atoms with van der Waals surface area (Å²) in [5.74, 6) is 2.31. The van der Waals surface area contributed by atoms with Crippen molar-refractivity contribution in [2.75, 3.05) is 0 Å². The fourth-order valence-electron chi connectivity index (χ4n) is 2.10. The van der Waals surface area contributed by atoms with E-state index >= 15 is 0 Å². The highest BCUT2D eigenvalue weighted by atomic mass is 32.1. The molecule has 0 fully saturated rings. The van der Waals surface area contributed by atoms with Crippen LogP contribution in [-0.4, -0.2) is 25.2 Å². The van der Waals surface area contributed by atoms with Gasteiger partial charge in [-0.25, -0.2) is 9.67 Å². The molecule has 7 heteroatoms. The fourth-order valence-corrected chi connectivity index (χ4v) is 3.25. The van der Waals surface area contributed by atoms with Gasteiger partial charge in [0.1, 0.15) is 19.2 Å². The highest BCUT2D eigenvalue weighted by Crippen LogP contribution is 2.18. The zero-order chi connectivity index (χ0) is 15.5. The molecule has 0 spiro atoms. The third kappa shape index (κ3) is 2.82. The van der Waals surface area contributed by atoms with Crippen molar-refractivity contribution in [3.05, 3.63) is 41.2 Å².